The summed E-state index contributed by atoms with van der Waals surface area (Å²) in [6, 6.07) is 7.69. The Morgan fingerprint density at radius 2 is 1.91 bits per heavy atom. The molecule has 0 saturated heterocycles. The van der Waals surface area contributed by atoms with Gasteiger partial charge in [-0.15, -0.1) is 5.10 Å². The number of halogens is 1. The number of aromatic nitrogens is 4. The summed E-state index contributed by atoms with van der Waals surface area (Å²) in [7, 11) is 0. The van der Waals surface area contributed by atoms with Crippen LogP contribution < -0.4 is 11.0 Å². The summed E-state index contributed by atoms with van der Waals surface area (Å²) in [4.78, 5) is 16.6. The third-order valence-electron chi connectivity index (χ3n) is 3.31. The first-order valence-electron chi connectivity index (χ1n) is 6.97. The lowest BCUT2D eigenvalue weighted by Crippen LogP contribution is -2.23. The molecule has 0 amide bonds. The largest absolute Gasteiger partial charge is 0.352 e. The molecule has 0 radical (unpaired) electrons. The van der Waals surface area contributed by atoms with E-state index in [-0.39, 0.29) is 17.5 Å². The number of benzene rings is 1. The van der Waals surface area contributed by atoms with Gasteiger partial charge < -0.3 is 5.32 Å². The average molecular weight is 301 g/mol. The monoisotopic (exact) mass is 301 g/mol. The molecule has 0 atom stereocenters. The molecule has 0 unspecified atom stereocenters. The fraction of sp³-hybridized carbons (Fsp3) is 0.267. The van der Waals surface area contributed by atoms with Gasteiger partial charge in [0.25, 0.3) is 5.78 Å². The van der Waals surface area contributed by atoms with Crippen LogP contribution in [0, 0.1) is 12.7 Å². The van der Waals surface area contributed by atoms with Gasteiger partial charge in [0.05, 0.1) is 6.04 Å². The van der Waals surface area contributed by atoms with E-state index in [2.05, 4.69) is 15.4 Å². The predicted octanol–water partition coefficient (Wildman–Crippen LogP) is 2.66. The lowest BCUT2D eigenvalue weighted by atomic mass is 10.3. The molecule has 0 aliphatic rings. The third-order valence-corrected chi connectivity index (χ3v) is 3.31. The molecular weight excluding hydrogens is 285 g/mol. The minimum atomic E-state index is -0.299. The van der Waals surface area contributed by atoms with Gasteiger partial charge in [-0.1, -0.05) is 0 Å². The van der Waals surface area contributed by atoms with Gasteiger partial charge in [0.15, 0.2) is 0 Å². The molecule has 2 heterocycles. The number of nitrogens with zero attached hydrogens (tertiary/aromatic N) is 4. The Bertz CT molecular complexity index is 879. The molecule has 2 aromatic heterocycles. The quantitative estimate of drug-likeness (QED) is 0.808. The number of aryl methyl sites for hydroxylation is 1. The summed E-state index contributed by atoms with van der Waals surface area (Å²) in [5.74, 6) is 0.591. The summed E-state index contributed by atoms with van der Waals surface area (Å²) in [6.45, 7) is 5.60. The van der Waals surface area contributed by atoms with E-state index in [0.29, 0.717) is 17.3 Å². The van der Waals surface area contributed by atoms with Crippen LogP contribution in [0.3, 0.4) is 0 Å². The highest BCUT2D eigenvalue weighted by molar-refractivity contribution is 5.57. The predicted molar refractivity (Wildman–Crippen MR) is 82.1 cm³/mol. The lowest BCUT2D eigenvalue weighted by Gasteiger charge is -2.06. The second-order valence-electron chi connectivity index (χ2n) is 5.37. The van der Waals surface area contributed by atoms with E-state index in [1.165, 1.54) is 21.2 Å². The zero-order valence-electron chi connectivity index (χ0n) is 12.5. The Morgan fingerprint density at radius 1 is 1.23 bits per heavy atom. The lowest BCUT2D eigenvalue weighted by molar-refractivity contribution is 0.513. The Kier molecular flexibility index (Phi) is 3.40. The van der Waals surface area contributed by atoms with Gasteiger partial charge in [-0.25, -0.2) is 18.3 Å². The van der Waals surface area contributed by atoms with Gasteiger partial charge in [0.2, 0.25) is 0 Å². The number of hydrogen-bond acceptors (Lipinski definition) is 4. The maximum absolute atomic E-state index is 12.9. The average Bonchev–Trinajstić information content (AvgIpc) is 2.79. The molecule has 3 aromatic rings. The standard InChI is InChI=1S/C15H16FN5O/c1-9(2)21-15(22)20-10(3)8-13(18-14(20)19-21)17-12-6-4-11(16)5-7-12/h4-9H,1-3H3,(H,17,18,19). The summed E-state index contributed by atoms with van der Waals surface area (Å²) >= 11 is 0. The van der Waals surface area contributed by atoms with Crippen molar-refractivity contribution in [2.75, 3.05) is 5.32 Å². The van der Waals surface area contributed by atoms with Crippen LogP contribution in [0.5, 0.6) is 0 Å². The van der Waals surface area contributed by atoms with Crippen molar-refractivity contribution in [1.29, 1.82) is 0 Å². The molecule has 0 fully saturated rings. The van der Waals surface area contributed by atoms with Crippen LogP contribution in [-0.4, -0.2) is 19.2 Å². The fourth-order valence-electron chi connectivity index (χ4n) is 2.24. The van der Waals surface area contributed by atoms with Crippen LogP contribution in [0.1, 0.15) is 25.6 Å². The third kappa shape index (κ3) is 2.45. The zero-order valence-corrected chi connectivity index (χ0v) is 12.5. The van der Waals surface area contributed by atoms with Crippen molar-refractivity contribution in [1.82, 2.24) is 19.2 Å². The summed E-state index contributed by atoms with van der Waals surface area (Å²) in [6.07, 6.45) is 0. The highest BCUT2D eigenvalue weighted by Crippen LogP contribution is 2.16. The molecule has 0 aliphatic carbocycles. The maximum atomic E-state index is 12.9. The van der Waals surface area contributed by atoms with E-state index in [1.54, 1.807) is 18.2 Å². The SMILES string of the molecule is Cc1cc(Nc2ccc(F)cc2)nc2nn(C(C)C)c(=O)n12. The van der Waals surface area contributed by atoms with Crippen LogP contribution in [0.4, 0.5) is 15.9 Å². The second kappa shape index (κ2) is 5.25. The van der Waals surface area contributed by atoms with Crippen molar-refractivity contribution in [3.63, 3.8) is 0 Å². The molecule has 0 spiro atoms. The Balaban J connectivity index is 2.05. The normalized spacial score (nSPS) is 11.3. The second-order valence-corrected chi connectivity index (χ2v) is 5.37. The van der Waals surface area contributed by atoms with Crippen LogP contribution in [0.25, 0.3) is 5.78 Å². The summed E-state index contributed by atoms with van der Waals surface area (Å²) in [5, 5.41) is 7.32. The van der Waals surface area contributed by atoms with Crippen molar-refractivity contribution in [2.45, 2.75) is 26.8 Å². The molecule has 114 valence electrons. The van der Waals surface area contributed by atoms with Crippen molar-refractivity contribution in [3.05, 3.63) is 52.3 Å². The number of rotatable bonds is 3. The minimum absolute atomic E-state index is 0.0397. The van der Waals surface area contributed by atoms with Crippen molar-refractivity contribution >= 4 is 17.3 Å². The molecule has 1 N–H and O–H groups in total. The Labute approximate surface area is 126 Å². The van der Waals surface area contributed by atoms with Crippen LogP contribution in [0.15, 0.2) is 35.1 Å². The van der Waals surface area contributed by atoms with Crippen LogP contribution in [-0.2, 0) is 0 Å². The molecule has 0 saturated carbocycles. The van der Waals surface area contributed by atoms with E-state index in [4.69, 9.17) is 0 Å². The molecular formula is C15H16FN5O. The molecule has 7 heteroatoms. The van der Waals surface area contributed by atoms with Gasteiger partial charge in [0.1, 0.15) is 11.6 Å². The van der Waals surface area contributed by atoms with Gasteiger partial charge >= 0.3 is 5.69 Å². The topological polar surface area (TPSA) is 64.2 Å². The van der Waals surface area contributed by atoms with E-state index in [9.17, 15) is 9.18 Å². The van der Waals surface area contributed by atoms with Gasteiger partial charge in [-0.2, -0.15) is 4.98 Å². The Hall–Kier alpha value is -2.70. The fourth-order valence-corrected chi connectivity index (χ4v) is 2.24. The van der Waals surface area contributed by atoms with Crippen LogP contribution in [0.2, 0.25) is 0 Å². The van der Waals surface area contributed by atoms with Crippen molar-refractivity contribution in [3.8, 4) is 0 Å². The number of fused-ring (bicyclic) bond motifs is 1. The van der Waals surface area contributed by atoms with Crippen molar-refractivity contribution in [2.24, 2.45) is 0 Å². The van der Waals surface area contributed by atoms with Gasteiger partial charge in [-0.3, -0.25) is 0 Å². The number of hydrogen-bond donors (Lipinski definition) is 1. The first-order valence-corrected chi connectivity index (χ1v) is 6.97. The van der Waals surface area contributed by atoms with E-state index in [1.807, 2.05) is 20.8 Å². The Morgan fingerprint density at radius 3 is 2.55 bits per heavy atom. The number of nitrogens with one attached hydrogen (secondary N) is 1. The zero-order chi connectivity index (χ0) is 15.9. The molecule has 22 heavy (non-hydrogen) atoms. The van der Waals surface area contributed by atoms with E-state index < -0.39 is 0 Å². The first kappa shape index (κ1) is 14.2. The molecule has 1 aromatic carbocycles. The molecule has 0 bridgehead atoms. The van der Waals surface area contributed by atoms with Gasteiger partial charge in [0, 0.05) is 17.4 Å². The van der Waals surface area contributed by atoms with E-state index >= 15 is 0 Å². The first-order chi connectivity index (χ1) is 10.5. The smallest absolute Gasteiger partial charge is 0.340 e. The minimum Gasteiger partial charge on any atom is -0.340 e. The van der Waals surface area contributed by atoms with Gasteiger partial charge in [-0.05, 0) is 45.0 Å². The molecule has 3 rings (SSSR count). The van der Waals surface area contributed by atoms with Crippen LogP contribution >= 0.6 is 0 Å². The van der Waals surface area contributed by atoms with Crippen molar-refractivity contribution < 1.29 is 4.39 Å². The number of anilines is 2. The molecule has 0 aliphatic heterocycles. The summed E-state index contributed by atoms with van der Waals surface area (Å²) < 4.78 is 15.8. The molecule has 6 nitrogen and oxygen atoms in total. The summed E-state index contributed by atoms with van der Waals surface area (Å²) in [5.41, 5.74) is 1.23. The highest BCUT2D eigenvalue weighted by Gasteiger charge is 2.13. The van der Waals surface area contributed by atoms with E-state index in [0.717, 1.165) is 5.69 Å². The highest BCUT2D eigenvalue weighted by atomic mass is 19.1. The maximum Gasteiger partial charge on any atom is 0.352 e.